The summed E-state index contributed by atoms with van der Waals surface area (Å²) in [6.07, 6.45) is 0.618. The Balaban J connectivity index is 2.77. The molecule has 0 aliphatic carbocycles. The van der Waals surface area contributed by atoms with E-state index >= 15 is 0 Å². The van der Waals surface area contributed by atoms with Crippen LogP contribution in [0.1, 0.15) is 38.7 Å². The zero-order valence-electron chi connectivity index (χ0n) is 11.5. The molecule has 1 aromatic carbocycles. The second-order valence-electron chi connectivity index (χ2n) is 5.62. The van der Waals surface area contributed by atoms with Crippen LogP contribution >= 0.6 is 27.5 Å². The van der Waals surface area contributed by atoms with Gasteiger partial charge in [0.1, 0.15) is 0 Å². The van der Waals surface area contributed by atoms with Gasteiger partial charge in [-0.05, 0) is 50.8 Å². The van der Waals surface area contributed by atoms with Crippen LogP contribution in [0.4, 0.5) is 0 Å². The van der Waals surface area contributed by atoms with Crippen molar-refractivity contribution in [3.63, 3.8) is 0 Å². The first-order chi connectivity index (χ1) is 8.67. The third kappa shape index (κ3) is 4.76. The molecule has 0 radical (unpaired) electrons. The maximum Gasteiger partial charge on any atom is 0.155 e. The van der Waals surface area contributed by atoms with Gasteiger partial charge in [0.2, 0.25) is 0 Å². The van der Waals surface area contributed by atoms with E-state index in [0.29, 0.717) is 11.4 Å². The molecule has 0 aliphatic rings. The van der Waals surface area contributed by atoms with E-state index in [1.165, 1.54) is 0 Å². The molecule has 2 nitrogen and oxygen atoms in total. The predicted molar refractivity (Wildman–Crippen MR) is 86.1 cm³/mol. The van der Waals surface area contributed by atoms with E-state index in [2.05, 4.69) is 15.9 Å². The number of rotatable bonds is 5. The van der Waals surface area contributed by atoms with Crippen molar-refractivity contribution >= 4 is 37.4 Å². The lowest BCUT2D eigenvalue weighted by atomic mass is 9.99. The Morgan fingerprint density at radius 3 is 2.16 bits per heavy atom. The molecule has 1 rings (SSSR count). The van der Waals surface area contributed by atoms with Crippen molar-refractivity contribution in [3.05, 3.63) is 34.9 Å². The first-order valence-corrected chi connectivity index (χ1v) is 9.36. The molecule has 0 amide bonds. The summed E-state index contributed by atoms with van der Waals surface area (Å²) in [5.74, 6) is 0.393. The van der Waals surface area contributed by atoms with Crippen molar-refractivity contribution in [2.24, 2.45) is 0 Å². The molecule has 0 saturated heterocycles. The van der Waals surface area contributed by atoms with Gasteiger partial charge >= 0.3 is 0 Å². The highest BCUT2D eigenvalue weighted by molar-refractivity contribution is 9.09. The molecular weight excluding hydrogens is 348 g/mol. The van der Waals surface area contributed by atoms with E-state index in [1.807, 2.05) is 24.3 Å². The van der Waals surface area contributed by atoms with Gasteiger partial charge in [-0.3, -0.25) is 0 Å². The lowest BCUT2D eigenvalue weighted by molar-refractivity contribution is 0.554. The molecule has 1 unspecified atom stereocenters. The molecule has 0 saturated carbocycles. The molecule has 0 aromatic heterocycles. The highest BCUT2D eigenvalue weighted by atomic mass is 79.9. The zero-order chi connectivity index (χ0) is 14.7. The van der Waals surface area contributed by atoms with Gasteiger partial charge in [-0.25, -0.2) is 8.42 Å². The van der Waals surface area contributed by atoms with Crippen molar-refractivity contribution in [1.29, 1.82) is 0 Å². The number of halogens is 2. The monoisotopic (exact) mass is 366 g/mol. The normalized spacial score (nSPS) is 14.4. The average molecular weight is 368 g/mol. The van der Waals surface area contributed by atoms with Crippen molar-refractivity contribution in [3.8, 4) is 0 Å². The standard InChI is InChI=1S/C14H20BrClO2S/c1-14(2,3)19(17,18)9-8-12(10-15)11-4-6-13(16)7-5-11/h4-7,12H,8-10H2,1-3H3. The third-order valence-corrected chi connectivity index (χ3v) is 6.87. The number of benzene rings is 1. The Morgan fingerprint density at radius 2 is 1.74 bits per heavy atom. The van der Waals surface area contributed by atoms with Gasteiger partial charge < -0.3 is 0 Å². The summed E-state index contributed by atoms with van der Waals surface area (Å²) < 4.78 is 23.6. The van der Waals surface area contributed by atoms with Crippen LogP contribution in [0.25, 0.3) is 0 Å². The van der Waals surface area contributed by atoms with Crippen molar-refractivity contribution in [2.75, 3.05) is 11.1 Å². The minimum absolute atomic E-state index is 0.189. The second-order valence-corrected chi connectivity index (χ2v) is 9.57. The summed E-state index contributed by atoms with van der Waals surface area (Å²) in [6.45, 7) is 5.23. The lowest BCUT2D eigenvalue weighted by Gasteiger charge is -2.21. The highest BCUT2D eigenvalue weighted by Gasteiger charge is 2.29. The van der Waals surface area contributed by atoms with Crippen LogP contribution in [0.5, 0.6) is 0 Å². The van der Waals surface area contributed by atoms with Gasteiger partial charge in [0.05, 0.1) is 10.5 Å². The largest absolute Gasteiger partial charge is 0.228 e. The van der Waals surface area contributed by atoms with E-state index in [4.69, 9.17) is 11.6 Å². The molecule has 0 N–H and O–H groups in total. The van der Waals surface area contributed by atoms with E-state index in [-0.39, 0.29) is 11.7 Å². The smallest absolute Gasteiger partial charge is 0.155 e. The molecule has 19 heavy (non-hydrogen) atoms. The van der Waals surface area contributed by atoms with E-state index in [1.54, 1.807) is 20.8 Å². The fourth-order valence-electron chi connectivity index (χ4n) is 1.67. The Morgan fingerprint density at radius 1 is 1.21 bits per heavy atom. The second kappa shape index (κ2) is 6.59. The summed E-state index contributed by atoms with van der Waals surface area (Å²) in [6, 6.07) is 7.59. The van der Waals surface area contributed by atoms with Crippen LogP contribution in [-0.2, 0) is 9.84 Å². The van der Waals surface area contributed by atoms with Crippen LogP contribution < -0.4 is 0 Å². The lowest BCUT2D eigenvalue weighted by Crippen LogP contribution is -2.31. The minimum Gasteiger partial charge on any atom is -0.228 e. The topological polar surface area (TPSA) is 34.1 Å². The molecule has 0 fully saturated rings. The van der Waals surface area contributed by atoms with Gasteiger partial charge in [0.25, 0.3) is 0 Å². The van der Waals surface area contributed by atoms with Gasteiger partial charge in [0, 0.05) is 10.4 Å². The summed E-state index contributed by atoms with van der Waals surface area (Å²) in [7, 11) is -3.07. The quantitative estimate of drug-likeness (QED) is 0.722. The van der Waals surface area contributed by atoms with Crippen molar-refractivity contribution in [1.82, 2.24) is 0 Å². The van der Waals surface area contributed by atoms with Crippen LogP contribution in [0.2, 0.25) is 5.02 Å². The highest BCUT2D eigenvalue weighted by Crippen LogP contribution is 2.26. The third-order valence-electron chi connectivity index (χ3n) is 3.20. The zero-order valence-corrected chi connectivity index (χ0v) is 14.6. The Kier molecular flexibility index (Phi) is 5.90. The Labute approximate surface area is 129 Å². The predicted octanol–water partition coefficient (Wildman–Crippen LogP) is 4.42. The number of alkyl halides is 1. The maximum atomic E-state index is 12.1. The van der Waals surface area contributed by atoms with Crippen LogP contribution in [0, 0.1) is 0 Å². The maximum absolute atomic E-state index is 12.1. The first kappa shape index (κ1) is 17.0. The molecule has 108 valence electrons. The fourth-order valence-corrected chi connectivity index (χ4v) is 3.70. The van der Waals surface area contributed by atoms with Crippen molar-refractivity contribution in [2.45, 2.75) is 37.9 Å². The van der Waals surface area contributed by atoms with Crippen LogP contribution in [0.15, 0.2) is 24.3 Å². The summed E-state index contributed by atoms with van der Waals surface area (Å²) in [5.41, 5.74) is 1.12. The van der Waals surface area contributed by atoms with E-state index < -0.39 is 14.6 Å². The first-order valence-electron chi connectivity index (χ1n) is 6.21. The van der Waals surface area contributed by atoms with Gasteiger partial charge in [-0.15, -0.1) is 0 Å². The Bertz CT molecular complexity index is 503. The number of sulfone groups is 1. The molecule has 0 spiro atoms. The summed E-state index contributed by atoms with van der Waals surface area (Å²) in [5, 5.41) is 1.44. The van der Waals surface area contributed by atoms with Gasteiger partial charge in [-0.1, -0.05) is 39.7 Å². The van der Waals surface area contributed by atoms with Crippen molar-refractivity contribution < 1.29 is 8.42 Å². The minimum atomic E-state index is -3.07. The number of hydrogen-bond acceptors (Lipinski definition) is 2. The molecule has 0 bridgehead atoms. The van der Waals surface area contributed by atoms with E-state index in [0.717, 1.165) is 10.9 Å². The number of hydrogen-bond donors (Lipinski definition) is 0. The molecule has 1 atom stereocenters. The molecule has 5 heteroatoms. The molecular formula is C14H20BrClO2S. The van der Waals surface area contributed by atoms with Crippen LogP contribution in [-0.4, -0.2) is 24.2 Å². The fraction of sp³-hybridized carbons (Fsp3) is 0.571. The van der Waals surface area contributed by atoms with Gasteiger partial charge in [0.15, 0.2) is 9.84 Å². The molecule has 1 aromatic rings. The molecule has 0 heterocycles. The summed E-state index contributed by atoms with van der Waals surface area (Å²) in [4.78, 5) is 0. The Hall–Kier alpha value is -0.0600. The molecule has 0 aliphatic heterocycles. The van der Waals surface area contributed by atoms with Gasteiger partial charge in [-0.2, -0.15) is 0 Å². The SMILES string of the molecule is CC(C)(C)S(=O)(=O)CCC(CBr)c1ccc(Cl)cc1. The summed E-state index contributed by atoms with van der Waals surface area (Å²) >= 11 is 9.32. The average Bonchev–Trinajstić information content (AvgIpc) is 2.30. The van der Waals surface area contributed by atoms with Crippen LogP contribution in [0.3, 0.4) is 0 Å². The van der Waals surface area contributed by atoms with E-state index in [9.17, 15) is 8.42 Å².